The molecule has 0 radical (unpaired) electrons. The molecule has 0 aromatic heterocycles. The Kier molecular flexibility index (Phi) is 5.44. The predicted octanol–water partition coefficient (Wildman–Crippen LogP) is 1.41. The first kappa shape index (κ1) is 15.7. The highest BCUT2D eigenvalue weighted by Gasteiger charge is 2.32. The van der Waals surface area contributed by atoms with E-state index in [1.807, 2.05) is 0 Å². The fourth-order valence-corrected chi connectivity index (χ4v) is 1.40. The number of aromatic hydroxyl groups is 2. The Balaban J connectivity index is 0.00000256. The maximum atomic E-state index is 11.0. The quantitative estimate of drug-likeness (QED) is 0.630. The lowest BCUT2D eigenvalue weighted by molar-refractivity contribution is -0.143. The first-order valence-corrected chi connectivity index (χ1v) is 4.92. The van der Waals surface area contributed by atoms with Crippen molar-refractivity contribution < 1.29 is 20.1 Å². The van der Waals surface area contributed by atoms with Crippen molar-refractivity contribution in [2.24, 2.45) is 5.73 Å². The second kappa shape index (κ2) is 5.88. The molecule has 0 aliphatic rings. The second-order valence-corrected chi connectivity index (χ2v) is 3.81. The Hall–Kier alpha value is -1.27. The van der Waals surface area contributed by atoms with Gasteiger partial charge in [0.1, 0.15) is 5.54 Å². The van der Waals surface area contributed by atoms with Crippen LogP contribution in [0.5, 0.6) is 11.5 Å². The monoisotopic (exact) mass is 305 g/mol. The topological polar surface area (TPSA) is 104 Å². The van der Waals surface area contributed by atoms with Gasteiger partial charge in [-0.25, -0.2) is 0 Å². The van der Waals surface area contributed by atoms with E-state index in [1.54, 1.807) is 6.92 Å². The number of nitrogens with two attached hydrogens (primary N) is 1. The largest absolute Gasteiger partial charge is 0.504 e. The number of hydrogen-bond acceptors (Lipinski definition) is 4. The van der Waals surface area contributed by atoms with Crippen LogP contribution in [0.3, 0.4) is 0 Å². The summed E-state index contributed by atoms with van der Waals surface area (Å²) in [7, 11) is 0. The minimum Gasteiger partial charge on any atom is -0.504 e. The van der Waals surface area contributed by atoms with Gasteiger partial charge in [0.15, 0.2) is 11.5 Å². The van der Waals surface area contributed by atoms with Gasteiger partial charge in [-0.05, 0) is 24.1 Å². The number of hydrogen-bond donors (Lipinski definition) is 4. The normalized spacial score (nSPS) is 13.5. The van der Waals surface area contributed by atoms with E-state index >= 15 is 0 Å². The number of aliphatic carboxylic acids is 1. The van der Waals surface area contributed by atoms with Crippen LogP contribution in [-0.2, 0) is 11.2 Å². The summed E-state index contributed by atoms with van der Waals surface area (Å²) in [5.41, 5.74) is 4.94. The Morgan fingerprint density at radius 1 is 1.35 bits per heavy atom. The van der Waals surface area contributed by atoms with Crippen molar-refractivity contribution >= 4 is 23.0 Å². The third-order valence-electron chi connectivity index (χ3n) is 2.62. The molecule has 96 valence electrons. The lowest BCUT2D eigenvalue weighted by atomic mass is 9.89. The molecule has 0 bridgehead atoms. The van der Waals surface area contributed by atoms with Gasteiger partial charge in [-0.1, -0.05) is 13.0 Å². The third kappa shape index (κ3) is 3.61. The van der Waals surface area contributed by atoms with Crippen LogP contribution in [0.2, 0.25) is 0 Å². The zero-order valence-corrected chi connectivity index (χ0v) is 11.1. The summed E-state index contributed by atoms with van der Waals surface area (Å²) in [6.07, 6.45) is 0.386. The van der Waals surface area contributed by atoms with Crippen molar-refractivity contribution in [2.45, 2.75) is 25.3 Å². The third-order valence-corrected chi connectivity index (χ3v) is 2.62. The average molecular weight is 306 g/mol. The Bertz CT molecular complexity index is 410. The molecular formula is C11H16BrNO4. The molecule has 6 heteroatoms. The first-order chi connectivity index (χ1) is 7.39. The van der Waals surface area contributed by atoms with E-state index in [2.05, 4.69) is 0 Å². The maximum Gasteiger partial charge on any atom is 0.324 e. The van der Waals surface area contributed by atoms with Crippen molar-refractivity contribution in [3.8, 4) is 11.5 Å². The van der Waals surface area contributed by atoms with E-state index in [0.29, 0.717) is 5.56 Å². The smallest absolute Gasteiger partial charge is 0.324 e. The van der Waals surface area contributed by atoms with Crippen molar-refractivity contribution in [1.29, 1.82) is 0 Å². The van der Waals surface area contributed by atoms with Gasteiger partial charge in [-0.2, -0.15) is 0 Å². The van der Waals surface area contributed by atoms with Crippen LogP contribution in [0.1, 0.15) is 18.9 Å². The highest BCUT2D eigenvalue weighted by Crippen LogP contribution is 2.27. The molecule has 0 spiro atoms. The number of carboxylic acid groups (broad SMARTS) is 1. The van der Waals surface area contributed by atoms with Crippen LogP contribution in [-0.4, -0.2) is 26.8 Å². The number of benzene rings is 1. The molecule has 0 aliphatic heterocycles. The van der Waals surface area contributed by atoms with E-state index < -0.39 is 11.5 Å². The van der Waals surface area contributed by atoms with Gasteiger partial charge < -0.3 is 21.1 Å². The fraction of sp³-hybridized carbons (Fsp3) is 0.364. The van der Waals surface area contributed by atoms with E-state index in [9.17, 15) is 9.90 Å². The van der Waals surface area contributed by atoms with Gasteiger partial charge in [0.05, 0.1) is 0 Å². The van der Waals surface area contributed by atoms with Crippen molar-refractivity contribution in [3.63, 3.8) is 0 Å². The number of carbonyl (C=O) groups is 1. The van der Waals surface area contributed by atoms with Crippen molar-refractivity contribution in [2.75, 3.05) is 0 Å². The molecule has 0 saturated carbocycles. The molecule has 5 nitrogen and oxygen atoms in total. The summed E-state index contributed by atoms with van der Waals surface area (Å²) >= 11 is 0. The Morgan fingerprint density at radius 2 is 1.94 bits per heavy atom. The average Bonchev–Trinajstić information content (AvgIpc) is 2.23. The van der Waals surface area contributed by atoms with Crippen LogP contribution < -0.4 is 5.73 Å². The second-order valence-electron chi connectivity index (χ2n) is 3.81. The highest BCUT2D eigenvalue weighted by molar-refractivity contribution is 8.93. The van der Waals surface area contributed by atoms with Crippen LogP contribution in [0.25, 0.3) is 0 Å². The summed E-state index contributed by atoms with van der Waals surface area (Å²) in [6.45, 7) is 1.69. The van der Waals surface area contributed by atoms with E-state index in [-0.39, 0.29) is 41.3 Å². The van der Waals surface area contributed by atoms with Crippen molar-refractivity contribution in [1.82, 2.24) is 0 Å². The Labute approximate surface area is 110 Å². The number of halogens is 1. The van der Waals surface area contributed by atoms with Gasteiger partial charge in [-0.3, -0.25) is 4.79 Å². The molecule has 0 heterocycles. The Morgan fingerprint density at radius 3 is 2.35 bits per heavy atom. The molecule has 0 saturated heterocycles. The summed E-state index contributed by atoms with van der Waals surface area (Å²) < 4.78 is 0. The zero-order valence-electron chi connectivity index (χ0n) is 9.38. The molecule has 1 rings (SSSR count). The lowest BCUT2D eigenvalue weighted by Crippen LogP contribution is -2.49. The molecule has 17 heavy (non-hydrogen) atoms. The zero-order chi connectivity index (χ0) is 12.3. The number of rotatable bonds is 4. The molecule has 0 fully saturated rings. The van der Waals surface area contributed by atoms with Gasteiger partial charge >= 0.3 is 5.97 Å². The molecule has 1 aromatic carbocycles. The summed E-state index contributed by atoms with van der Waals surface area (Å²) in [5.74, 6) is -1.60. The van der Waals surface area contributed by atoms with Crippen LogP contribution >= 0.6 is 17.0 Å². The summed E-state index contributed by atoms with van der Waals surface area (Å²) in [5, 5.41) is 27.4. The summed E-state index contributed by atoms with van der Waals surface area (Å²) in [6, 6.07) is 4.16. The maximum absolute atomic E-state index is 11.0. The number of phenolic OH excluding ortho intramolecular Hbond substituents is 2. The van der Waals surface area contributed by atoms with Gasteiger partial charge in [0.2, 0.25) is 0 Å². The van der Waals surface area contributed by atoms with Crippen LogP contribution in [0.4, 0.5) is 0 Å². The van der Waals surface area contributed by atoms with Gasteiger partial charge in [-0.15, -0.1) is 17.0 Å². The first-order valence-electron chi connectivity index (χ1n) is 4.92. The minimum absolute atomic E-state index is 0. The molecule has 1 unspecified atom stereocenters. The van der Waals surface area contributed by atoms with Crippen LogP contribution in [0, 0.1) is 0 Å². The molecule has 5 N–H and O–H groups in total. The number of carboxylic acids is 1. The molecule has 1 aromatic rings. The molecule has 1 atom stereocenters. The number of phenols is 2. The fourth-order valence-electron chi connectivity index (χ4n) is 1.40. The molecular weight excluding hydrogens is 290 g/mol. The molecule has 0 amide bonds. The van der Waals surface area contributed by atoms with Gasteiger partial charge in [0.25, 0.3) is 0 Å². The standard InChI is InChI=1S/C11H15NO4.BrH/c1-2-11(12,10(15)16)6-7-3-4-8(13)9(14)5-7;/h3-5,13-14H,2,6,12H2,1H3,(H,15,16);1H. The molecule has 0 aliphatic carbocycles. The highest BCUT2D eigenvalue weighted by atomic mass is 79.9. The van der Waals surface area contributed by atoms with E-state index in [1.165, 1.54) is 18.2 Å². The van der Waals surface area contributed by atoms with E-state index in [4.69, 9.17) is 15.9 Å². The SMILES string of the molecule is Br.CCC(N)(Cc1ccc(O)c(O)c1)C(=O)O. The summed E-state index contributed by atoms with van der Waals surface area (Å²) in [4.78, 5) is 11.0. The van der Waals surface area contributed by atoms with E-state index in [0.717, 1.165) is 0 Å². The van der Waals surface area contributed by atoms with Crippen molar-refractivity contribution in [3.05, 3.63) is 23.8 Å². The minimum atomic E-state index is -1.34. The predicted molar refractivity (Wildman–Crippen MR) is 68.6 cm³/mol. The van der Waals surface area contributed by atoms with Gasteiger partial charge in [0, 0.05) is 6.42 Å². The lowest BCUT2D eigenvalue weighted by Gasteiger charge is -2.22. The van der Waals surface area contributed by atoms with Crippen LogP contribution in [0.15, 0.2) is 18.2 Å².